The maximum atomic E-state index is 12.4. The van der Waals surface area contributed by atoms with Crippen LogP contribution in [0, 0.1) is 5.92 Å². The van der Waals surface area contributed by atoms with Gasteiger partial charge in [-0.3, -0.25) is 4.79 Å². The Morgan fingerprint density at radius 2 is 2.09 bits per heavy atom. The van der Waals surface area contributed by atoms with Gasteiger partial charge in [-0.2, -0.15) is 0 Å². The van der Waals surface area contributed by atoms with Crippen molar-refractivity contribution in [3.63, 3.8) is 0 Å². The van der Waals surface area contributed by atoms with E-state index in [1.165, 1.54) is 0 Å². The highest BCUT2D eigenvalue weighted by atomic mass is 16.5. The smallest absolute Gasteiger partial charge is 0.270 e. The van der Waals surface area contributed by atoms with Gasteiger partial charge in [-0.05, 0) is 29.9 Å². The molecule has 1 amide bonds. The molecule has 0 radical (unpaired) electrons. The Morgan fingerprint density at radius 3 is 2.73 bits per heavy atom. The van der Waals surface area contributed by atoms with Crippen LogP contribution in [0.1, 0.15) is 30.8 Å². The standard InChI is InChI=1S/C17H22N2O3/c1-11(2)14(8-9-20)18-16(21)15-10-12-6-4-5-7-13(12)17(19-15)22-3/h4-7,10-11,14,20H,8-9H2,1-3H3,(H,18,21). The first-order chi connectivity index (χ1) is 10.6. The van der Waals surface area contributed by atoms with Crippen molar-refractivity contribution in [2.75, 3.05) is 13.7 Å². The number of nitrogens with one attached hydrogen (secondary N) is 1. The van der Waals surface area contributed by atoms with Crippen molar-refractivity contribution in [3.8, 4) is 5.88 Å². The van der Waals surface area contributed by atoms with Crippen LogP contribution in [0.5, 0.6) is 5.88 Å². The molecular formula is C17H22N2O3. The molecule has 0 bridgehead atoms. The van der Waals surface area contributed by atoms with Gasteiger partial charge in [0.05, 0.1) is 7.11 Å². The summed E-state index contributed by atoms with van der Waals surface area (Å²) in [4.78, 5) is 16.7. The number of aromatic nitrogens is 1. The summed E-state index contributed by atoms with van der Waals surface area (Å²) in [7, 11) is 1.54. The Balaban J connectivity index is 2.31. The van der Waals surface area contributed by atoms with E-state index in [0.29, 0.717) is 18.0 Å². The highest BCUT2D eigenvalue weighted by Gasteiger charge is 2.19. The van der Waals surface area contributed by atoms with Gasteiger partial charge in [0, 0.05) is 18.0 Å². The number of benzene rings is 1. The minimum atomic E-state index is -0.254. The van der Waals surface area contributed by atoms with Crippen LogP contribution in [0.15, 0.2) is 30.3 Å². The van der Waals surface area contributed by atoms with Crippen LogP contribution in [-0.4, -0.2) is 35.8 Å². The number of aliphatic hydroxyl groups excluding tert-OH is 1. The molecule has 5 heteroatoms. The molecule has 0 saturated heterocycles. The van der Waals surface area contributed by atoms with E-state index in [0.717, 1.165) is 10.8 Å². The summed E-state index contributed by atoms with van der Waals surface area (Å²) in [6, 6.07) is 9.31. The van der Waals surface area contributed by atoms with E-state index in [2.05, 4.69) is 10.3 Å². The topological polar surface area (TPSA) is 71.5 Å². The first kappa shape index (κ1) is 16.2. The fourth-order valence-electron chi connectivity index (χ4n) is 2.39. The van der Waals surface area contributed by atoms with E-state index in [4.69, 9.17) is 9.84 Å². The lowest BCUT2D eigenvalue weighted by molar-refractivity contribution is 0.0911. The Morgan fingerprint density at radius 1 is 1.36 bits per heavy atom. The molecule has 118 valence electrons. The van der Waals surface area contributed by atoms with Crippen LogP contribution in [-0.2, 0) is 0 Å². The molecule has 5 nitrogen and oxygen atoms in total. The average Bonchev–Trinajstić information content (AvgIpc) is 2.53. The van der Waals surface area contributed by atoms with Crippen molar-refractivity contribution < 1.29 is 14.6 Å². The zero-order valence-corrected chi connectivity index (χ0v) is 13.2. The highest BCUT2D eigenvalue weighted by Crippen LogP contribution is 2.24. The third-order valence-corrected chi connectivity index (χ3v) is 3.69. The fourth-order valence-corrected chi connectivity index (χ4v) is 2.39. The van der Waals surface area contributed by atoms with Gasteiger partial charge < -0.3 is 15.2 Å². The van der Waals surface area contributed by atoms with Crippen molar-refractivity contribution >= 4 is 16.7 Å². The fraction of sp³-hybridized carbons (Fsp3) is 0.412. The number of fused-ring (bicyclic) bond motifs is 1. The SMILES string of the molecule is COc1nc(C(=O)NC(CCO)C(C)C)cc2ccccc12. The molecule has 0 saturated carbocycles. The van der Waals surface area contributed by atoms with Crippen molar-refractivity contribution in [1.82, 2.24) is 10.3 Å². The zero-order valence-electron chi connectivity index (χ0n) is 13.2. The minimum absolute atomic E-state index is 0.0393. The lowest BCUT2D eigenvalue weighted by Gasteiger charge is -2.21. The summed E-state index contributed by atoms with van der Waals surface area (Å²) in [5.41, 5.74) is 0.319. The molecule has 0 aliphatic rings. The van der Waals surface area contributed by atoms with Gasteiger partial charge in [-0.25, -0.2) is 4.98 Å². The lowest BCUT2D eigenvalue weighted by atomic mass is 10.0. The highest BCUT2D eigenvalue weighted by molar-refractivity contribution is 5.98. The number of methoxy groups -OCH3 is 1. The van der Waals surface area contributed by atoms with Crippen LogP contribution in [0.3, 0.4) is 0 Å². The molecular weight excluding hydrogens is 280 g/mol. The van der Waals surface area contributed by atoms with Gasteiger partial charge in [0.2, 0.25) is 5.88 Å². The summed E-state index contributed by atoms with van der Waals surface area (Å²) >= 11 is 0. The molecule has 1 atom stereocenters. The largest absolute Gasteiger partial charge is 0.481 e. The van der Waals surface area contributed by atoms with Gasteiger partial charge >= 0.3 is 0 Å². The van der Waals surface area contributed by atoms with E-state index in [1.54, 1.807) is 13.2 Å². The van der Waals surface area contributed by atoms with E-state index >= 15 is 0 Å². The third-order valence-electron chi connectivity index (χ3n) is 3.69. The summed E-state index contributed by atoms with van der Waals surface area (Å²) in [6.45, 7) is 4.06. The Labute approximate surface area is 130 Å². The van der Waals surface area contributed by atoms with Crippen molar-refractivity contribution in [1.29, 1.82) is 0 Å². The van der Waals surface area contributed by atoms with Gasteiger partial charge in [0.1, 0.15) is 5.69 Å². The van der Waals surface area contributed by atoms with Gasteiger partial charge in [0.25, 0.3) is 5.91 Å². The first-order valence-corrected chi connectivity index (χ1v) is 7.42. The Bertz CT molecular complexity index is 655. The van der Waals surface area contributed by atoms with Crippen molar-refractivity contribution in [2.45, 2.75) is 26.3 Å². The maximum Gasteiger partial charge on any atom is 0.270 e. The second-order valence-electron chi connectivity index (χ2n) is 5.57. The number of hydrogen-bond acceptors (Lipinski definition) is 4. The van der Waals surface area contributed by atoms with Crippen molar-refractivity contribution in [2.24, 2.45) is 5.92 Å². The molecule has 2 aromatic rings. The molecule has 1 heterocycles. The van der Waals surface area contributed by atoms with E-state index in [1.807, 2.05) is 38.1 Å². The first-order valence-electron chi connectivity index (χ1n) is 7.42. The normalized spacial score (nSPS) is 12.4. The predicted octanol–water partition coefficient (Wildman–Crippen LogP) is 2.38. The van der Waals surface area contributed by atoms with Crippen LogP contribution in [0.25, 0.3) is 10.8 Å². The summed E-state index contributed by atoms with van der Waals surface area (Å²) in [5, 5.41) is 13.8. The summed E-state index contributed by atoms with van der Waals surface area (Å²) < 4.78 is 5.29. The second kappa shape index (κ2) is 7.22. The molecule has 0 aliphatic carbocycles. The second-order valence-corrected chi connectivity index (χ2v) is 5.57. The molecule has 0 aliphatic heterocycles. The molecule has 2 N–H and O–H groups in total. The quantitative estimate of drug-likeness (QED) is 0.859. The minimum Gasteiger partial charge on any atom is -0.481 e. The third kappa shape index (κ3) is 3.54. The van der Waals surface area contributed by atoms with Gasteiger partial charge in [-0.1, -0.05) is 32.0 Å². The number of amides is 1. The molecule has 1 aromatic heterocycles. The van der Waals surface area contributed by atoms with Crippen LogP contribution in [0.4, 0.5) is 0 Å². The number of ether oxygens (including phenoxy) is 1. The number of carbonyl (C=O) groups excluding carboxylic acids is 1. The van der Waals surface area contributed by atoms with E-state index < -0.39 is 0 Å². The summed E-state index contributed by atoms with van der Waals surface area (Å²) in [5.74, 6) is 0.418. The number of nitrogens with zero attached hydrogens (tertiary/aromatic N) is 1. The molecule has 2 rings (SSSR count). The average molecular weight is 302 g/mol. The van der Waals surface area contributed by atoms with E-state index in [-0.39, 0.29) is 24.5 Å². The van der Waals surface area contributed by atoms with Crippen LogP contribution < -0.4 is 10.1 Å². The molecule has 22 heavy (non-hydrogen) atoms. The van der Waals surface area contributed by atoms with E-state index in [9.17, 15) is 4.79 Å². The van der Waals surface area contributed by atoms with Crippen LogP contribution in [0.2, 0.25) is 0 Å². The molecule has 0 spiro atoms. The summed E-state index contributed by atoms with van der Waals surface area (Å²) in [6.07, 6.45) is 0.522. The lowest BCUT2D eigenvalue weighted by Crippen LogP contribution is -2.39. The monoisotopic (exact) mass is 302 g/mol. The number of rotatable bonds is 6. The number of carbonyl (C=O) groups is 1. The number of aliphatic hydroxyl groups is 1. The number of hydrogen-bond donors (Lipinski definition) is 2. The maximum absolute atomic E-state index is 12.4. The number of pyridine rings is 1. The van der Waals surface area contributed by atoms with Gasteiger partial charge in [-0.15, -0.1) is 0 Å². The Kier molecular flexibility index (Phi) is 5.33. The van der Waals surface area contributed by atoms with Gasteiger partial charge in [0.15, 0.2) is 0 Å². The predicted molar refractivity (Wildman–Crippen MR) is 86.1 cm³/mol. The Hall–Kier alpha value is -2.14. The van der Waals surface area contributed by atoms with Crippen molar-refractivity contribution in [3.05, 3.63) is 36.0 Å². The zero-order chi connectivity index (χ0) is 16.1. The van der Waals surface area contributed by atoms with Crippen LogP contribution >= 0.6 is 0 Å². The molecule has 1 aromatic carbocycles. The molecule has 1 unspecified atom stereocenters. The molecule has 0 fully saturated rings.